The standard InChI is InChI=1S/C28H27NO3/c1-20-7-9-22(10-8-20)27-26(21-5-3-2-4-6-21)24-12-11-23(19-25(24)28(27)30)32-18-15-29-13-16-31-17-14-29/h2-12,19H,13-18H2,1H3. The van der Waals surface area contributed by atoms with Gasteiger partial charge < -0.3 is 9.47 Å². The molecule has 162 valence electrons. The zero-order chi connectivity index (χ0) is 21.9. The highest BCUT2D eigenvalue weighted by Gasteiger charge is 2.31. The Labute approximate surface area is 189 Å². The first kappa shape index (κ1) is 20.7. The highest BCUT2D eigenvalue weighted by atomic mass is 16.5. The number of carbonyl (C=O) groups is 1. The van der Waals surface area contributed by atoms with Gasteiger partial charge in [-0.1, -0.05) is 60.2 Å². The Morgan fingerprint density at radius 1 is 0.844 bits per heavy atom. The lowest BCUT2D eigenvalue weighted by Gasteiger charge is -2.26. The van der Waals surface area contributed by atoms with Crippen molar-refractivity contribution in [1.29, 1.82) is 0 Å². The van der Waals surface area contributed by atoms with E-state index in [1.54, 1.807) is 0 Å². The number of ether oxygens (including phenoxy) is 2. The van der Waals surface area contributed by atoms with Gasteiger partial charge in [0.25, 0.3) is 0 Å². The van der Waals surface area contributed by atoms with Gasteiger partial charge in [-0.25, -0.2) is 0 Å². The Kier molecular flexibility index (Phi) is 5.89. The second-order valence-corrected chi connectivity index (χ2v) is 8.32. The van der Waals surface area contributed by atoms with E-state index in [4.69, 9.17) is 9.47 Å². The molecule has 1 saturated heterocycles. The van der Waals surface area contributed by atoms with Gasteiger partial charge in [0.15, 0.2) is 5.78 Å². The molecular formula is C28H27NO3. The smallest absolute Gasteiger partial charge is 0.195 e. The summed E-state index contributed by atoms with van der Waals surface area (Å²) in [7, 11) is 0. The fourth-order valence-electron chi connectivity index (χ4n) is 4.42. The van der Waals surface area contributed by atoms with Crippen LogP contribution in [0, 0.1) is 6.92 Å². The monoisotopic (exact) mass is 425 g/mol. The quantitative estimate of drug-likeness (QED) is 0.565. The fourth-order valence-corrected chi connectivity index (χ4v) is 4.42. The summed E-state index contributed by atoms with van der Waals surface area (Å²) in [5.74, 6) is 0.796. The van der Waals surface area contributed by atoms with Gasteiger partial charge in [0.1, 0.15) is 12.4 Å². The van der Waals surface area contributed by atoms with Crippen LogP contribution < -0.4 is 4.74 Å². The molecule has 1 aliphatic carbocycles. The Hall–Kier alpha value is -3.21. The van der Waals surface area contributed by atoms with Gasteiger partial charge in [0.2, 0.25) is 0 Å². The Bertz CT molecular complexity index is 1140. The molecule has 32 heavy (non-hydrogen) atoms. The maximum atomic E-state index is 13.6. The number of allylic oxidation sites excluding steroid dienone is 1. The summed E-state index contributed by atoms with van der Waals surface area (Å²) < 4.78 is 11.4. The molecule has 1 heterocycles. The second kappa shape index (κ2) is 9.11. The van der Waals surface area contributed by atoms with Crippen molar-refractivity contribution in [2.75, 3.05) is 39.5 Å². The van der Waals surface area contributed by atoms with Crippen LogP contribution in [0.3, 0.4) is 0 Å². The van der Waals surface area contributed by atoms with Crippen LogP contribution in [0.5, 0.6) is 5.75 Å². The third-order valence-corrected chi connectivity index (χ3v) is 6.16. The molecule has 0 spiro atoms. The van der Waals surface area contributed by atoms with Gasteiger partial charge in [-0.05, 0) is 41.8 Å². The molecule has 0 amide bonds. The SMILES string of the molecule is Cc1ccc(C2=C(c3ccccc3)c3ccc(OCCN4CCOCC4)cc3C2=O)cc1. The molecule has 3 aromatic carbocycles. The van der Waals surface area contributed by atoms with Crippen molar-refractivity contribution in [3.8, 4) is 5.75 Å². The van der Waals surface area contributed by atoms with Gasteiger partial charge in [-0.2, -0.15) is 0 Å². The number of hydrogen-bond donors (Lipinski definition) is 0. The van der Waals surface area contributed by atoms with Crippen molar-refractivity contribution in [3.05, 3.63) is 101 Å². The highest BCUT2D eigenvalue weighted by molar-refractivity contribution is 6.41. The molecular weight excluding hydrogens is 398 g/mol. The van der Waals surface area contributed by atoms with Crippen LogP contribution in [0.25, 0.3) is 11.1 Å². The summed E-state index contributed by atoms with van der Waals surface area (Å²) in [4.78, 5) is 15.9. The Morgan fingerprint density at radius 3 is 2.31 bits per heavy atom. The number of benzene rings is 3. The number of nitrogens with zero attached hydrogens (tertiary/aromatic N) is 1. The topological polar surface area (TPSA) is 38.8 Å². The molecule has 0 N–H and O–H groups in total. The second-order valence-electron chi connectivity index (χ2n) is 8.32. The number of ketones is 1. The van der Waals surface area contributed by atoms with Gasteiger partial charge >= 0.3 is 0 Å². The molecule has 0 radical (unpaired) electrons. The van der Waals surface area contributed by atoms with Crippen LogP contribution in [0.1, 0.15) is 32.6 Å². The molecule has 3 aromatic rings. The van der Waals surface area contributed by atoms with Gasteiger partial charge in [-0.15, -0.1) is 0 Å². The number of Topliss-reactive ketones (excluding diaryl/α,β-unsaturated/α-hetero) is 1. The number of hydrogen-bond acceptors (Lipinski definition) is 4. The molecule has 0 atom stereocenters. The van der Waals surface area contributed by atoms with Gasteiger partial charge in [-0.3, -0.25) is 9.69 Å². The van der Waals surface area contributed by atoms with E-state index in [2.05, 4.69) is 36.1 Å². The summed E-state index contributed by atoms with van der Waals surface area (Å²) in [5, 5.41) is 0. The lowest BCUT2D eigenvalue weighted by Crippen LogP contribution is -2.38. The third-order valence-electron chi connectivity index (χ3n) is 6.16. The number of carbonyl (C=O) groups excluding carboxylic acids is 1. The molecule has 2 aliphatic rings. The summed E-state index contributed by atoms with van der Waals surface area (Å²) in [5.41, 5.74) is 6.61. The number of morpholine rings is 1. The fraction of sp³-hybridized carbons (Fsp3) is 0.250. The predicted molar refractivity (Wildman–Crippen MR) is 127 cm³/mol. The molecule has 0 saturated carbocycles. The zero-order valence-electron chi connectivity index (χ0n) is 18.3. The summed E-state index contributed by atoms with van der Waals surface area (Å²) in [6.45, 7) is 6.95. The van der Waals surface area contributed by atoms with Crippen molar-refractivity contribution in [3.63, 3.8) is 0 Å². The van der Waals surface area contributed by atoms with Crippen LogP contribution in [0.4, 0.5) is 0 Å². The molecule has 1 aliphatic heterocycles. The van der Waals surface area contributed by atoms with Crippen molar-refractivity contribution >= 4 is 16.9 Å². The molecule has 4 nitrogen and oxygen atoms in total. The van der Waals surface area contributed by atoms with Crippen LogP contribution >= 0.6 is 0 Å². The van der Waals surface area contributed by atoms with E-state index in [1.165, 1.54) is 5.56 Å². The van der Waals surface area contributed by atoms with E-state index in [0.717, 1.165) is 66.4 Å². The lowest BCUT2D eigenvalue weighted by molar-refractivity contribution is 0.0322. The highest BCUT2D eigenvalue weighted by Crippen LogP contribution is 2.43. The van der Waals surface area contributed by atoms with E-state index < -0.39 is 0 Å². The van der Waals surface area contributed by atoms with Crippen molar-refractivity contribution in [1.82, 2.24) is 4.90 Å². The molecule has 1 fully saturated rings. The van der Waals surface area contributed by atoms with E-state index in [1.807, 2.05) is 48.5 Å². The van der Waals surface area contributed by atoms with Crippen LogP contribution in [-0.4, -0.2) is 50.1 Å². The first-order valence-corrected chi connectivity index (χ1v) is 11.2. The molecule has 0 aromatic heterocycles. The first-order chi connectivity index (χ1) is 15.7. The summed E-state index contributed by atoms with van der Waals surface area (Å²) >= 11 is 0. The van der Waals surface area contributed by atoms with Crippen molar-refractivity contribution < 1.29 is 14.3 Å². The average molecular weight is 426 g/mol. The van der Waals surface area contributed by atoms with E-state index in [0.29, 0.717) is 12.2 Å². The summed E-state index contributed by atoms with van der Waals surface area (Å²) in [6, 6.07) is 24.3. The van der Waals surface area contributed by atoms with Crippen LogP contribution in [0.2, 0.25) is 0 Å². The summed E-state index contributed by atoms with van der Waals surface area (Å²) in [6.07, 6.45) is 0. The number of rotatable bonds is 6. The predicted octanol–water partition coefficient (Wildman–Crippen LogP) is 4.86. The van der Waals surface area contributed by atoms with E-state index in [9.17, 15) is 4.79 Å². The Morgan fingerprint density at radius 2 is 1.56 bits per heavy atom. The normalized spacial score (nSPS) is 16.3. The van der Waals surface area contributed by atoms with Gasteiger partial charge in [0, 0.05) is 36.3 Å². The van der Waals surface area contributed by atoms with E-state index >= 15 is 0 Å². The molecule has 5 rings (SSSR count). The minimum Gasteiger partial charge on any atom is -0.492 e. The number of aryl methyl sites for hydroxylation is 1. The maximum Gasteiger partial charge on any atom is 0.195 e. The minimum atomic E-state index is 0.0568. The molecule has 4 heteroatoms. The zero-order valence-corrected chi connectivity index (χ0v) is 18.3. The average Bonchev–Trinajstić information content (AvgIpc) is 3.13. The molecule has 0 bridgehead atoms. The first-order valence-electron chi connectivity index (χ1n) is 11.2. The third kappa shape index (κ3) is 4.12. The lowest BCUT2D eigenvalue weighted by atomic mass is 9.94. The van der Waals surface area contributed by atoms with Crippen LogP contribution in [0.15, 0.2) is 72.8 Å². The Balaban J connectivity index is 1.45. The largest absolute Gasteiger partial charge is 0.492 e. The minimum absolute atomic E-state index is 0.0568. The van der Waals surface area contributed by atoms with E-state index in [-0.39, 0.29) is 5.78 Å². The van der Waals surface area contributed by atoms with Crippen molar-refractivity contribution in [2.24, 2.45) is 0 Å². The van der Waals surface area contributed by atoms with Crippen LogP contribution in [-0.2, 0) is 4.74 Å². The number of fused-ring (bicyclic) bond motifs is 1. The molecule has 0 unspecified atom stereocenters. The van der Waals surface area contributed by atoms with Crippen molar-refractivity contribution in [2.45, 2.75) is 6.92 Å². The van der Waals surface area contributed by atoms with Gasteiger partial charge in [0.05, 0.1) is 13.2 Å². The maximum absolute atomic E-state index is 13.6.